The van der Waals surface area contributed by atoms with Gasteiger partial charge < -0.3 is 5.32 Å². The Hall–Kier alpha value is -0.300. The molecule has 1 nitrogen and oxygen atoms in total. The standard InChI is InChI=1S/C9H18N/c1-5-7-10-8-6-9(2,3)4/h5,10H,1-2,6-8H2,3-4H3. The molecule has 0 saturated carbocycles. The van der Waals surface area contributed by atoms with Gasteiger partial charge in [-0.1, -0.05) is 19.9 Å². The van der Waals surface area contributed by atoms with E-state index in [1.165, 1.54) is 0 Å². The Bertz CT molecular complexity index is 89.4. The van der Waals surface area contributed by atoms with Gasteiger partial charge in [-0.2, -0.15) is 0 Å². The number of hydrogen-bond acceptors (Lipinski definition) is 1. The highest BCUT2D eigenvalue weighted by Gasteiger charge is 2.07. The van der Waals surface area contributed by atoms with Crippen LogP contribution in [0.4, 0.5) is 0 Å². The molecule has 0 aliphatic rings. The molecule has 0 saturated heterocycles. The van der Waals surface area contributed by atoms with Crippen LogP contribution >= 0.6 is 0 Å². The summed E-state index contributed by atoms with van der Waals surface area (Å²) in [5, 5.41) is 3.23. The van der Waals surface area contributed by atoms with Gasteiger partial charge in [0.1, 0.15) is 0 Å². The Labute approximate surface area is 64.5 Å². The molecule has 0 aliphatic heterocycles. The fourth-order valence-electron chi connectivity index (χ4n) is 0.631. The molecule has 59 valence electrons. The van der Waals surface area contributed by atoms with Gasteiger partial charge in [0.15, 0.2) is 0 Å². The van der Waals surface area contributed by atoms with Crippen LogP contribution in [0, 0.1) is 12.3 Å². The Morgan fingerprint density at radius 1 is 1.50 bits per heavy atom. The molecule has 0 aromatic rings. The minimum absolute atomic E-state index is 0.203. The number of nitrogens with one attached hydrogen (secondary N) is 1. The Morgan fingerprint density at radius 2 is 2.10 bits per heavy atom. The predicted molar refractivity (Wildman–Crippen MR) is 46.8 cm³/mol. The zero-order valence-electron chi connectivity index (χ0n) is 7.11. The maximum absolute atomic E-state index is 4.00. The van der Waals surface area contributed by atoms with Gasteiger partial charge in [-0.05, 0) is 25.3 Å². The smallest absolute Gasteiger partial charge is 0.0132 e. The molecule has 0 atom stereocenters. The van der Waals surface area contributed by atoms with Gasteiger partial charge in [-0.15, -0.1) is 6.58 Å². The Kier molecular flexibility index (Phi) is 4.37. The first-order valence-corrected chi connectivity index (χ1v) is 3.73. The van der Waals surface area contributed by atoms with E-state index in [1.807, 2.05) is 6.08 Å². The van der Waals surface area contributed by atoms with E-state index >= 15 is 0 Å². The Balaban J connectivity index is 3.12. The molecule has 0 spiro atoms. The van der Waals surface area contributed by atoms with Crippen LogP contribution in [0.3, 0.4) is 0 Å². The molecule has 0 fully saturated rings. The highest BCUT2D eigenvalue weighted by atomic mass is 14.8. The predicted octanol–water partition coefficient (Wildman–Crippen LogP) is 2.01. The summed E-state index contributed by atoms with van der Waals surface area (Å²) in [7, 11) is 0. The molecule has 10 heavy (non-hydrogen) atoms. The monoisotopic (exact) mass is 140 g/mol. The number of hydrogen-bond donors (Lipinski definition) is 1. The lowest BCUT2D eigenvalue weighted by Crippen LogP contribution is -2.20. The Morgan fingerprint density at radius 3 is 2.50 bits per heavy atom. The molecule has 1 heteroatoms. The van der Waals surface area contributed by atoms with Crippen LogP contribution in [-0.2, 0) is 0 Å². The lowest BCUT2D eigenvalue weighted by Gasteiger charge is -2.17. The topological polar surface area (TPSA) is 12.0 Å². The van der Waals surface area contributed by atoms with Gasteiger partial charge in [0, 0.05) is 6.54 Å². The minimum Gasteiger partial charge on any atom is -0.313 e. The molecule has 0 amide bonds. The van der Waals surface area contributed by atoms with Crippen LogP contribution in [0.15, 0.2) is 12.7 Å². The highest BCUT2D eigenvalue weighted by molar-refractivity contribution is 4.74. The van der Waals surface area contributed by atoms with Gasteiger partial charge in [-0.3, -0.25) is 0 Å². The first-order chi connectivity index (χ1) is 4.56. The summed E-state index contributed by atoms with van der Waals surface area (Å²) >= 11 is 0. The van der Waals surface area contributed by atoms with E-state index in [0.717, 1.165) is 19.5 Å². The van der Waals surface area contributed by atoms with Crippen molar-refractivity contribution in [3.8, 4) is 0 Å². The molecular formula is C9H18N. The summed E-state index contributed by atoms with van der Waals surface area (Å²) in [6.45, 7) is 13.8. The molecule has 1 N–H and O–H groups in total. The summed E-state index contributed by atoms with van der Waals surface area (Å²) in [4.78, 5) is 0. The van der Waals surface area contributed by atoms with E-state index in [9.17, 15) is 0 Å². The summed E-state index contributed by atoms with van der Waals surface area (Å²) in [5.41, 5.74) is 0.203. The lowest BCUT2D eigenvalue weighted by molar-refractivity contribution is 0.421. The van der Waals surface area contributed by atoms with Gasteiger partial charge in [0.25, 0.3) is 0 Å². The van der Waals surface area contributed by atoms with Gasteiger partial charge in [-0.25, -0.2) is 0 Å². The van der Waals surface area contributed by atoms with E-state index < -0.39 is 0 Å². The average molecular weight is 140 g/mol. The van der Waals surface area contributed by atoms with Crippen molar-refractivity contribution in [1.82, 2.24) is 5.32 Å². The normalized spacial score (nSPS) is 11.5. The third kappa shape index (κ3) is 7.70. The zero-order valence-corrected chi connectivity index (χ0v) is 7.11. The second-order valence-corrected chi connectivity index (χ2v) is 3.41. The van der Waals surface area contributed by atoms with Crippen LogP contribution in [0.1, 0.15) is 20.3 Å². The zero-order chi connectivity index (χ0) is 8.04. The number of rotatable bonds is 5. The second-order valence-electron chi connectivity index (χ2n) is 3.41. The van der Waals surface area contributed by atoms with Crippen molar-refractivity contribution in [3.63, 3.8) is 0 Å². The maximum Gasteiger partial charge on any atom is 0.0132 e. The van der Waals surface area contributed by atoms with Crippen LogP contribution in [-0.4, -0.2) is 13.1 Å². The van der Waals surface area contributed by atoms with Crippen LogP contribution in [0.25, 0.3) is 0 Å². The molecule has 0 unspecified atom stereocenters. The minimum atomic E-state index is 0.203. The van der Waals surface area contributed by atoms with E-state index in [4.69, 9.17) is 0 Å². The molecule has 0 heterocycles. The SMILES string of the molecule is [CH2]C(C)(C)CCNCC=C. The van der Waals surface area contributed by atoms with Gasteiger partial charge in [0.05, 0.1) is 0 Å². The van der Waals surface area contributed by atoms with E-state index in [2.05, 4.69) is 32.7 Å². The summed E-state index contributed by atoms with van der Waals surface area (Å²) in [6, 6.07) is 0. The maximum atomic E-state index is 4.00. The summed E-state index contributed by atoms with van der Waals surface area (Å²) in [5.74, 6) is 0. The van der Waals surface area contributed by atoms with Crippen molar-refractivity contribution in [2.24, 2.45) is 5.41 Å². The molecule has 0 aromatic heterocycles. The fraction of sp³-hybridized carbons (Fsp3) is 0.667. The van der Waals surface area contributed by atoms with E-state index in [0.29, 0.717) is 0 Å². The highest BCUT2D eigenvalue weighted by Crippen LogP contribution is 2.15. The van der Waals surface area contributed by atoms with Crippen molar-refractivity contribution in [2.75, 3.05) is 13.1 Å². The summed E-state index contributed by atoms with van der Waals surface area (Å²) < 4.78 is 0. The van der Waals surface area contributed by atoms with Crippen molar-refractivity contribution in [3.05, 3.63) is 19.6 Å². The van der Waals surface area contributed by atoms with E-state index in [-0.39, 0.29) is 5.41 Å². The molecule has 0 bridgehead atoms. The van der Waals surface area contributed by atoms with Crippen molar-refractivity contribution in [2.45, 2.75) is 20.3 Å². The molecule has 1 radical (unpaired) electrons. The summed E-state index contributed by atoms with van der Waals surface area (Å²) in [6.07, 6.45) is 2.98. The van der Waals surface area contributed by atoms with Crippen LogP contribution < -0.4 is 5.32 Å². The van der Waals surface area contributed by atoms with Crippen molar-refractivity contribution >= 4 is 0 Å². The molecule has 0 aliphatic carbocycles. The van der Waals surface area contributed by atoms with E-state index in [1.54, 1.807) is 0 Å². The average Bonchev–Trinajstić information content (AvgIpc) is 1.78. The first kappa shape index (κ1) is 9.70. The largest absolute Gasteiger partial charge is 0.313 e. The van der Waals surface area contributed by atoms with Gasteiger partial charge in [0.2, 0.25) is 0 Å². The second kappa shape index (κ2) is 4.51. The third-order valence-corrected chi connectivity index (χ3v) is 1.27. The molecular weight excluding hydrogens is 122 g/mol. The van der Waals surface area contributed by atoms with Crippen LogP contribution in [0.5, 0.6) is 0 Å². The quantitative estimate of drug-likeness (QED) is 0.455. The van der Waals surface area contributed by atoms with Crippen LogP contribution in [0.2, 0.25) is 0 Å². The molecule has 0 rings (SSSR count). The van der Waals surface area contributed by atoms with Crippen molar-refractivity contribution < 1.29 is 0 Å². The molecule has 0 aromatic carbocycles. The fourth-order valence-corrected chi connectivity index (χ4v) is 0.631. The third-order valence-electron chi connectivity index (χ3n) is 1.27. The van der Waals surface area contributed by atoms with Crippen molar-refractivity contribution in [1.29, 1.82) is 0 Å². The first-order valence-electron chi connectivity index (χ1n) is 3.73. The lowest BCUT2D eigenvalue weighted by atomic mass is 9.92. The van der Waals surface area contributed by atoms with Gasteiger partial charge >= 0.3 is 0 Å².